The van der Waals surface area contributed by atoms with Crippen molar-refractivity contribution in [3.63, 3.8) is 0 Å². The minimum Gasteiger partial charge on any atom is -0.440 e. The maximum absolute atomic E-state index is 6.32. The van der Waals surface area contributed by atoms with Crippen molar-refractivity contribution in [1.29, 1.82) is 0 Å². The molecule has 1 N–H and O–H groups in total. The molecule has 0 saturated carbocycles. The smallest absolute Gasteiger partial charge is 0.231 e. The predicted molar refractivity (Wildman–Crippen MR) is 123 cm³/mol. The standard InChI is InChI=1S/C26H28N4O/c1-25(2)15-21(18-11-7-5-8-12-18)29-23-20(16-28-30(23)25)24-27-17-22(31-24)26(3,4)19-13-9-6-10-14-19/h5-14,16-17,21,29H,15H2,1-4H3. The van der Waals surface area contributed by atoms with Crippen LogP contribution in [0.3, 0.4) is 0 Å². The molecule has 0 aliphatic carbocycles. The Balaban J connectivity index is 1.52. The van der Waals surface area contributed by atoms with Crippen LogP contribution in [0, 0.1) is 0 Å². The number of rotatable bonds is 4. The van der Waals surface area contributed by atoms with Gasteiger partial charge in [0.1, 0.15) is 11.6 Å². The molecule has 3 heterocycles. The highest BCUT2D eigenvalue weighted by molar-refractivity contribution is 5.70. The number of aromatic nitrogens is 3. The Hall–Kier alpha value is -3.34. The van der Waals surface area contributed by atoms with Gasteiger partial charge in [0.15, 0.2) is 0 Å². The van der Waals surface area contributed by atoms with E-state index in [4.69, 9.17) is 9.52 Å². The predicted octanol–water partition coefficient (Wildman–Crippen LogP) is 6.16. The molecule has 0 spiro atoms. The Morgan fingerprint density at radius 3 is 2.39 bits per heavy atom. The Kier molecular flexibility index (Phi) is 4.50. The molecule has 1 aliphatic rings. The monoisotopic (exact) mass is 412 g/mol. The third-order valence-corrected chi connectivity index (χ3v) is 6.41. The molecule has 2 aromatic carbocycles. The first-order valence-corrected chi connectivity index (χ1v) is 10.8. The largest absolute Gasteiger partial charge is 0.440 e. The summed E-state index contributed by atoms with van der Waals surface area (Å²) in [4.78, 5) is 4.64. The van der Waals surface area contributed by atoms with E-state index < -0.39 is 0 Å². The number of nitrogens with zero attached hydrogens (tertiary/aromatic N) is 3. The van der Waals surface area contributed by atoms with Gasteiger partial charge in [-0.3, -0.25) is 0 Å². The number of hydrogen-bond acceptors (Lipinski definition) is 4. The fraction of sp³-hybridized carbons (Fsp3) is 0.308. The van der Waals surface area contributed by atoms with Crippen LogP contribution in [0.25, 0.3) is 11.5 Å². The van der Waals surface area contributed by atoms with Gasteiger partial charge in [0, 0.05) is 5.41 Å². The number of anilines is 1. The molecule has 0 bridgehead atoms. The molecule has 5 heteroatoms. The average molecular weight is 413 g/mol. The van der Waals surface area contributed by atoms with Gasteiger partial charge in [-0.05, 0) is 45.2 Å². The molecule has 2 aromatic heterocycles. The first-order chi connectivity index (χ1) is 14.9. The van der Waals surface area contributed by atoms with Gasteiger partial charge in [-0.1, -0.05) is 60.7 Å². The van der Waals surface area contributed by atoms with E-state index >= 15 is 0 Å². The van der Waals surface area contributed by atoms with Crippen LogP contribution in [0.4, 0.5) is 5.82 Å². The van der Waals surface area contributed by atoms with Crippen molar-refractivity contribution in [1.82, 2.24) is 14.8 Å². The fourth-order valence-electron chi connectivity index (χ4n) is 4.48. The molecule has 1 atom stereocenters. The zero-order valence-electron chi connectivity index (χ0n) is 18.5. The van der Waals surface area contributed by atoms with E-state index in [0.29, 0.717) is 5.89 Å². The van der Waals surface area contributed by atoms with E-state index in [0.717, 1.165) is 23.6 Å². The highest BCUT2D eigenvalue weighted by Crippen LogP contribution is 2.43. The molecule has 0 saturated heterocycles. The summed E-state index contributed by atoms with van der Waals surface area (Å²) in [6.45, 7) is 8.77. The van der Waals surface area contributed by atoms with E-state index in [-0.39, 0.29) is 17.0 Å². The summed E-state index contributed by atoms with van der Waals surface area (Å²) in [5, 5.41) is 8.39. The van der Waals surface area contributed by atoms with Crippen molar-refractivity contribution in [3.8, 4) is 11.5 Å². The lowest BCUT2D eigenvalue weighted by Crippen LogP contribution is -2.37. The summed E-state index contributed by atoms with van der Waals surface area (Å²) >= 11 is 0. The van der Waals surface area contributed by atoms with Crippen molar-refractivity contribution in [2.45, 2.75) is 51.1 Å². The number of fused-ring (bicyclic) bond motifs is 1. The van der Waals surface area contributed by atoms with Crippen LogP contribution in [-0.4, -0.2) is 14.8 Å². The van der Waals surface area contributed by atoms with Crippen LogP contribution < -0.4 is 5.32 Å². The number of benzene rings is 2. The zero-order valence-corrected chi connectivity index (χ0v) is 18.5. The van der Waals surface area contributed by atoms with E-state index in [9.17, 15) is 0 Å². The third-order valence-electron chi connectivity index (χ3n) is 6.41. The van der Waals surface area contributed by atoms with Gasteiger partial charge in [-0.15, -0.1) is 0 Å². The van der Waals surface area contributed by atoms with Gasteiger partial charge in [0.25, 0.3) is 0 Å². The summed E-state index contributed by atoms with van der Waals surface area (Å²) in [6.07, 6.45) is 4.65. The average Bonchev–Trinajstić information content (AvgIpc) is 3.42. The van der Waals surface area contributed by atoms with Gasteiger partial charge in [-0.2, -0.15) is 5.10 Å². The topological polar surface area (TPSA) is 55.9 Å². The van der Waals surface area contributed by atoms with Crippen molar-refractivity contribution in [2.24, 2.45) is 0 Å². The number of nitrogens with one attached hydrogen (secondary N) is 1. The first kappa shape index (κ1) is 19.6. The molecule has 0 amide bonds. The minimum atomic E-state index is -0.279. The molecule has 1 aliphatic heterocycles. The number of oxazole rings is 1. The van der Waals surface area contributed by atoms with E-state index in [2.05, 4.69) is 97.3 Å². The van der Waals surface area contributed by atoms with Crippen LogP contribution in [0.5, 0.6) is 0 Å². The second-order valence-electron chi connectivity index (χ2n) is 9.46. The zero-order chi connectivity index (χ0) is 21.6. The summed E-state index contributed by atoms with van der Waals surface area (Å²) in [7, 11) is 0. The summed E-state index contributed by atoms with van der Waals surface area (Å²) in [6, 6.07) is 21.2. The Labute approximate surface area is 183 Å². The highest BCUT2D eigenvalue weighted by Gasteiger charge is 2.37. The van der Waals surface area contributed by atoms with Crippen LogP contribution in [0.2, 0.25) is 0 Å². The second kappa shape index (κ2) is 7.12. The van der Waals surface area contributed by atoms with E-state index in [1.807, 2.05) is 18.5 Å². The molecule has 4 aromatic rings. The van der Waals surface area contributed by atoms with E-state index in [1.54, 1.807) is 0 Å². The lowest BCUT2D eigenvalue weighted by atomic mass is 9.83. The maximum Gasteiger partial charge on any atom is 0.231 e. The van der Waals surface area contributed by atoms with E-state index in [1.165, 1.54) is 11.1 Å². The SMILES string of the molecule is CC(C)(c1ccccc1)c1cnc(-c2cnn3c2NC(c2ccccc2)CC3(C)C)o1. The van der Waals surface area contributed by atoms with Crippen LogP contribution >= 0.6 is 0 Å². The Bertz CT molecular complexity index is 1190. The quantitative estimate of drug-likeness (QED) is 0.436. The molecule has 5 rings (SSSR count). The second-order valence-corrected chi connectivity index (χ2v) is 9.46. The van der Waals surface area contributed by atoms with Gasteiger partial charge >= 0.3 is 0 Å². The fourth-order valence-corrected chi connectivity index (χ4v) is 4.48. The summed E-state index contributed by atoms with van der Waals surface area (Å²) in [5.41, 5.74) is 2.95. The normalized spacial score (nSPS) is 17.7. The molecule has 0 fully saturated rings. The van der Waals surface area contributed by atoms with Crippen molar-refractivity contribution >= 4 is 5.82 Å². The maximum atomic E-state index is 6.32. The lowest BCUT2D eigenvalue weighted by Gasteiger charge is -2.38. The molecule has 1 unspecified atom stereocenters. The molecule has 0 radical (unpaired) electrons. The van der Waals surface area contributed by atoms with Crippen LogP contribution in [0.1, 0.15) is 57.0 Å². The van der Waals surface area contributed by atoms with Crippen molar-refractivity contribution in [2.75, 3.05) is 5.32 Å². The molecular formula is C26H28N4O. The molecular weight excluding hydrogens is 384 g/mol. The molecule has 31 heavy (non-hydrogen) atoms. The lowest BCUT2D eigenvalue weighted by molar-refractivity contribution is 0.263. The van der Waals surface area contributed by atoms with Crippen molar-refractivity contribution in [3.05, 3.63) is 89.9 Å². The van der Waals surface area contributed by atoms with Gasteiger partial charge in [0.05, 0.1) is 29.5 Å². The van der Waals surface area contributed by atoms with Gasteiger partial charge in [0.2, 0.25) is 5.89 Å². The molecule has 5 nitrogen and oxygen atoms in total. The van der Waals surface area contributed by atoms with Crippen LogP contribution in [-0.2, 0) is 11.0 Å². The third kappa shape index (κ3) is 3.34. The summed E-state index contributed by atoms with van der Waals surface area (Å²) in [5.74, 6) is 2.39. The van der Waals surface area contributed by atoms with Gasteiger partial charge < -0.3 is 9.73 Å². The Morgan fingerprint density at radius 2 is 1.68 bits per heavy atom. The van der Waals surface area contributed by atoms with Crippen LogP contribution in [0.15, 0.2) is 77.5 Å². The van der Waals surface area contributed by atoms with Gasteiger partial charge in [-0.25, -0.2) is 9.67 Å². The molecule has 158 valence electrons. The first-order valence-electron chi connectivity index (χ1n) is 10.8. The highest BCUT2D eigenvalue weighted by atomic mass is 16.4. The van der Waals surface area contributed by atoms with Crippen molar-refractivity contribution < 1.29 is 4.42 Å². The summed E-state index contributed by atoms with van der Waals surface area (Å²) < 4.78 is 8.38. The number of hydrogen-bond donors (Lipinski definition) is 1. The Morgan fingerprint density at radius 1 is 1.00 bits per heavy atom. The minimum absolute atomic E-state index is 0.127.